The number of nitrogens with zero attached hydrogens (tertiary/aromatic N) is 1. The van der Waals surface area contributed by atoms with Crippen LogP contribution in [0.3, 0.4) is 0 Å². The number of rotatable bonds is 2. The Balaban J connectivity index is 2.03. The van der Waals surface area contributed by atoms with Crippen molar-refractivity contribution >= 4 is 22.4 Å². The molecule has 1 aliphatic heterocycles. The zero-order chi connectivity index (χ0) is 11.5. The molecule has 1 saturated heterocycles. The Labute approximate surface area is 97.5 Å². The molecule has 0 saturated carbocycles. The molecule has 0 radical (unpaired) electrons. The van der Waals surface area contributed by atoms with E-state index in [0.29, 0.717) is 18.2 Å². The second-order valence-corrected chi connectivity index (χ2v) is 4.86. The first-order valence-electron chi connectivity index (χ1n) is 5.18. The molecule has 0 spiro atoms. The predicted molar refractivity (Wildman–Crippen MR) is 60.4 cm³/mol. The second kappa shape index (κ2) is 4.90. The van der Waals surface area contributed by atoms with Gasteiger partial charge in [0.1, 0.15) is 0 Å². The van der Waals surface area contributed by atoms with E-state index < -0.39 is 6.29 Å². The monoisotopic (exact) mass is 242 g/mol. The molecule has 16 heavy (non-hydrogen) atoms. The third-order valence-corrected chi connectivity index (χ3v) is 3.55. The van der Waals surface area contributed by atoms with Crippen LogP contribution in [0.5, 0.6) is 0 Å². The van der Waals surface area contributed by atoms with E-state index in [0.717, 1.165) is 11.3 Å². The van der Waals surface area contributed by atoms with Crippen LogP contribution in [0.15, 0.2) is 6.20 Å². The largest absolute Gasteiger partial charge is 0.368 e. The molecule has 2 N–H and O–H groups in total. The molecule has 0 aromatic carbocycles. The SMILES string of the molecule is CC(=O)Nc1ncc(C2CCOC(O)C2)s1. The van der Waals surface area contributed by atoms with Gasteiger partial charge in [-0.2, -0.15) is 0 Å². The van der Waals surface area contributed by atoms with Crippen LogP contribution in [0, 0.1) is 0 Å². The summed E-state index contributed by atoms with van der Waals surface area (Å²) in [4.78, 5) is 16.1. The van der Waals surface area contributed by atoms with Gasteiger partial charge >= 0.3 is 0 Å². The van der Waals surface area contributed by atoms with Gasteiger partial charge in [0.05, 0.1) is 6.61 Å². The van der Waals surface area contributed by atoms with Crippen molar-refractivity contribution in [2.75, 3.05) is 11.9 Å². The smallest absolute Gasteiger partial charge is 0.223 e. The zero-order valence-electron chi connectivity index (χ0n) is 8.97. The van der Waals surface area contributed by atoms with Crippen LogP contribution in [-0.2, 0) is 9.53 Å². The summed E-state index contributed by atoms with van der Waals surface area (Å²) < 4.78 is 5.07. The highest BCUT2D eigenvalue weighted by molar-refractivity contribution is 7.15. The molecule has 0 bridgehead atoms. The minimum absolute atomic E-state index is 0.118. The van der Waals surface area contributed by atoms with Gasteiger partial charge in [-0.3, -0.25) is 4.79 Å². The summed E-state index contributed by atoms with van der Waals surface area (Å²) >= 11 is 1.46. The van der Waals surface area contributed by atoms with Crippen LogP contribution in [-0.4, -0.2) is 28.9 Å². The Hall–Kier alpha value is -0.980. The van der Waals surface area contributed by atoms with Gasteiger partial charge in [-0.05, 0) is 6.42 Å². The van der Waals surface area contributed by atoms with Crippen molar-refractivity contribution in [1.29, 1.82) is 0 Å². The topological polar surface area (TPSA) is 71.5 Å². The molecule has 1 aliphatic rings. The maximum Gasteiger partial charge on any atom is 0.223 e. The van der Waals surface area contributed by atoms with Gasteiger partial charge < -0.3 is 15.2 Å². The summed E-state index contributed by atoms with van der Waals surface area (Å²) in [6, 6.07) is 0. The average molecular weight is 242 g/mol. The molecule has 1 aromatic heterocycles. The van der Waals surface area contributed by atoms with E-state index in [1.807, 2.05) is 0 Å². The first-order chi connectivity index (χ1) is 7.65. The van der Waals surface area contributed by atoms with E-state index in [1.54, 1.807) is 6.20 Å². The summed E-state index contributed by atoms with van der Waals surface area (Å²) in [5.41, 5.74) is 0. The van der Waals surface area contributed by atoms with Crippen molar-refractivity contribution in [1.82, 2.24) is 4.98 Å². The van der Waals surface area contributed by atoms with Crippen molar-refractivity contribution in [2.45, 2.75) is 32.0 Å². The molecule has 88 valence electrons. The number of hydrogen-bond donors (Lipinski definition) is 2. The number of anilines is 1. The lowest BCUT2D eigenvalue weighted by molar-refractivity contribution is -0.128. The lowest BCUT2D eigenvalue weighted by Crippen LogP contribution is -2.23. The van der Waals surface area contributed by atoms with Crippen molar-refractivity contribution in [2.24, 2.45) is 0 Å². The van der Waals surface area contributed by atoms with Crippen LogP contribution in [0.4, 0.5) is 5.13 Å². The van der Waals surface area contributed by atoms with Crippen LogP contribution < -0.4 is 5.32 Å². The first kappa shape index (κ1) is 11.5. The fourth-order valence-corrected chi connectivity index (χ4v) is 2.73. The molecule has 2 rings (SSSR count). The molecular weight excluding hydrogens is 228 g/mol. The third-order valence-electron chi connectivity index (χ3n) is 2.47. The molecule has 2 unspecified atom stereocenters. The number of nitrogens with one attached hydrogen (secondary N) is 1. The van der Waals surface area contributed by atoms with Crippen molar-refractivity contribution in [3.63, 3.8) is 0 Å². The van der Waals surface area contributed by atoms with Crippen molar-refractivity contribution in [3.8, 4) is 0 Å². The van der Waals surface area contributed by atoms with E-state index in [1.165, 1.54) is 18.3 Å². The number of carbonyl (C=O) groups is 1. The molecule has 2 heterocycles. The maximum atomic E-state index is 10.8. The number of ether oxygens (including phenoxy) is 1. The standard InChI is InChI=1S/C10H14N2O3S/c1-6(13)12-10-11-5-8(16-10)7-2-3-15-9(14)4-7/h5,7,9,14H,2-4H2,1H3,(H,11,12,13). The third kappa shape index (κ3) is 2.78. The number of thiazole rings is 1. The Morgan fingerprint density at radius 2 is 2.56 bits per heavy atom. The van der Waals surface area contributed by atoms with Gasteiger partial charge in [-0.25, -0.2) is 4.98 Å². The summed E-state index contributed by atoms with van der Waals surface area (Å²) in [6.07, 6.45) is 2.57. The van der Waals surface area contributed by atoms with Gasteiger partial charge in [-0.1, -0.05) is 0 Å². The van der Waals surface area contributed by atoms with Gasteiger partial charge in [0.15, 0.2) is 11.4 Å². The molecule has 6 heteroatoms. The minimum Gasteiger partial charge on any atom is -0.368 e. The Morgan fingerprint density at radius 1 is 1.75 bits per heavy atom. The van der Waals surface area contributed by atoms with E-state index in [2.05, 4.69) is 10.3 Å². The van der Waals surface area contributed by atoms with Crippen LogP contribution >= 0.6 is 11.3 Å². The number of aliphatic hydroxyl groups excluding tert-OH is 1. The molecular formula is C10H14N2O3S. The zero-order valence-corrected chi connectivity index (χ0v) is 9.79. The summed E-state index contributed by atoms with van der Waals surface area (Å²) in [7, 11) is 0. The fraction of sp³-hybridized carbons (Fsp3) is 0.600. The van der Waals surface area contributed by atoms with Crippen LogP contribution in [0.25, 0.3) is 0 Å². The van der Waals surface area contributed by atoms with Gasteiger partial charge in [0, 0.05) is 30.3 Å². The van der Waals surface area contributed by atoms with Crippen LogP contribution in [0.1, 0.15) is 30.6 Å². The van der Waals surface area contributed by atoms with Crippen LogP contribution in [0.2, 0.25) is 0 Å². The molecule has 1 fully saturated rings. The predicted octanol–water partition coefficient (Wildman–Crippen LogP) is 1.31. The molecule has 2 atom stereocenters. The number of amides is 1. The minimum atomic E-state index is -0.676. The normalized spacial score (nSPS) is 25.4. The molecule has 1 aromatic rings. The highest BCUT2D eigenvalue weighted by Crippen LogP contribution is 2.34. The summed E-state index contributed by atoms with van der Waals surface area (Å²) in [5, 5.41) is 12.6. The lowest BCUT2D eigenvalue weighted by Gasteiger charge is -2.24. The fourth-order valence-electron chi connectivity index (χ4n) is 1.72. The highest BCUT2D eigenvalue weighted by Gasteiger charge is 2.23. The molecule has 1 amide bonds. The van der Waals surface area contributed by atoms with E-state index in [-0.39, 0.29) is 11.8 Å². The number of aromatic nitrogens is 1. The van der Waals surface area contributed by atoms with Gasteiger partial charge in [-0.15, -0.1) is 11.3 Å². The van der Waals surface area contributed by atoms with Crippen molar-refractivity contribution in [3.05, 3.63) is 11.1 Å². The van der Waals surface area contributed by atoms with E-state index in [9.17, 15) is 9.90 Å². The number of hydrogen-bond acceptors (Lipinski definition) is 5. The quantitative estimate of drug-likeness (QED) is 0.820. The lowest BCUT2D eigenvalue weighted by atomic mass is 9.98. The second-order valence-electron chi connectivity index (χ2n) is 3.80. The summed E-state index contributed by atoms with van der Waals surface area (Å²) in [6.45, 7) is 2.03. The van der Waals surface area contributed by atoms with Crippen molar-refractivity contribution < 1.29 is 14.6 Å². The molecule has 5 nitrogen and oxygen atoms in total. The van der Waals surface area contributed by atoms with E-state index >= 15 is 0 Å². The Morgan fingerprint density at radius 3 is 3.25 bits per heavy atom. The number of aliphatic hydroxyl groups is 1. The summed E-state index contributed by atoms with van der Waals surface area (Å²) in [5.74, 6) is 0.164. The Kier molecular flexibility index (Phi) is 3.52. The first-order valence-corrected chi connectivity index (χ1v) is 6.00. The van der Waals surface area contributed by atoms with Gasteiger partial charge in [0.2, 0.25) is 5.91 Å². The maximum absolute atomic E-state index is 10.8. The molecule has 0 aliphatic carbocycles. The highest BCUT2D eigenvalue weighted by atomic mass is 32.1. The average Bonchev–Trinajstić information content (AvgIpc) is 2.65. The van der Waals surface area contributed by atoms with Gasteiger partial charge in [0.25, 0.3) is 0 Å². The Bertz CT molecular complexity index is 380. The van der Waals surface area contributed by atoms with E-state index in [4.69, 9.17) is 4.74 Å². The number of carbonyl (C=O) groups excluding carboxylic acids is 1.